The lowest BCUT2D eigenvalue weighted by Crippen LogP contribution is -2.47. The summed E-state index contributed by atoms with van der Waals surface area (Å²) < 4.78 is 0. The molecule has 102 valence electrons. The number of hydrogen-bond acceptors (Lipinski definition) is 2. The largest absolute Gasteiger partial charge is 0.314 e. The summed E-state index contributed by atoms with van der Waals surface area (Å²) in [5.74, 6) is 0.830. The SMILES string of the molecule is CCC(C)CN(C)CCC1(NC)CCCCC1. The van der Waals surface area contributed by atoms with Crippen LogP contribution in [0.3, 0.4) is 0 Å². The first kappa shape index (κ1) is 15.0. The van der Waals surface area contributed by atoms with Crippen LogP contribution in [0.5, 0.6) is 0 Å². The van der Waals surface area contributed by atoms with Crippen molar-refractivity contribution >= 4 is 0 Å². The molecule has 1 N–H and O–H groups in total. The molecule has 0 bridgehead atoms. The van der Waals surface area contributed by atoms with Gasteiger partial charge in [-0.3, -0.25) is 0 Å². The third-order valence-electron chi connectivity index (χ3n) is 4.63. The highest BCUT2D eigenvalue weighted by Crippen LogP contribution is 2.30. The third-order valence-corrected chi connectivity index (χ3v) is 4.63. The molecule has 0 aromatic carbocycles. The minimum absolute atomic E-state index is 0.446. The second-order valence-electron chi connectivity index (χ2n) is 6.12. The molecule has 0 heterocycles. The van der Waals surface area contributed by atoms with Crippen molar-refractivity contribution in [1.29, 1.82) is 0 Å². The zero-order valence-corrected chi connectivity index (χ0v) is 12.4. The van der Waals surface area contributed by atoms with E-state index < -0.39 is 0 Å². The van der Waals surface area contributed by atoms with Crippen LogP contribution in [0.2, 0.25) is 0 Å². The summed E-state index contributed by atoms with van der Waals surface area (Å²) >= 11 is 0. The average molecular weight is 240 g/mol. The first-order valence-corrected chi connectivity index (χ1v) is 7.49. The van der Waals surface area contributed by atoms with E-state index in [9.17, 15) is 0 Å². The van der Waals surface area contributed by atoms with Crippen LogP contribution in [0.1, 0.15) is 58.8 Å². The molecule has 0 aromatic rings. The molecular weight excluding hydrogens is 208 g/mol. The van der Waals surface area contributed by atoms with Gasteiger partial charge in [-0.1, -0.05) is 39.5 Å². The summed E-state index contributed by atoms with van der Waals surface area (Å²) in [5.41, 5.74) is 0.446. The quantitative estimate of drug-likeness (QED) is 0.735. The fraction of sp³-hybridized carbons (Fsp3) is 1.00. The van der Waals surface area contributed by atoms with E-state index in [4.69, 9.17) is 0 Å². The first-order chi connectivity index (χ1) is 8.12. The predicted molar refractivity (Wildman–Crippen MR) is 76.4 cm³/mol. The summed E-state index contributed by atoms with van der Waals surface area (Å²) in [6.07, 6.45) is 9.62. The van der Waals surface area contributed by atoms with Crippen LogP contribution in [-0.4, -0.2) is 37.6 Å². The Balaban J connectivity index is 2.31. The van der Waals surface area contributed by atoms with Gasteiger partial charge in [0.15, 0.2) is 0 Å². The van der Waals surface area contributed by atoms with Crippen molar-refractivity contribution in [1.82, 2.24) is 10.2 Å². The Kier molecular flexibility index (Phi) is 6.50. The van der Waals surface area contributed by atoms with E-state index in [1.165, 1.54) is 58.0 Å². The Morgan fingerprint density at radius 2 is 1.88 bits per heavy atom. The highest BCUT2D eigenvalue weighted by Gasteiger charge is 2.29. The Morgan fingerprint density at radius 1 is 1.24 bits per heavy atom. The summed E-state index contributed by atoms with van der Waals surface area (Å²) in [5, 5.41) is 3.61. The van der Waals surface area contributed by atoms with Crippen LogP contribution >= 0.6 is 0 Å². The topological polar surface area (TPSA) is 15.3 Å². The van der Waals surface area contributed by atoms with Gasteiger partial charge in [0.25, 0.3) is 0 Å². The molecule has 2 nitrogen and oxygen atoms in total. The molecule has 1 aliphatic carbocycles. The molecule has 0 aromatic heterocycles. The molecular formula is C15H32N2. The van der Waals surface area contributed by atoms with E-state index in [0.29, 0.717) is 5.54 Å². The van der Waals surface area contributed by atoms with Crippen molar-refractivity contribution in [3.05, 3.63) is 0 Å². The van der Waals surface area contributed by atoms with Gasteiger partial charge in [0, 0.05) is 12.1 Å². The van der Waals surface area contributed by atoms with Gasteiger partial charge >= 0.3 is 0 Å². The van der Waals surface area contributed by atoms with E-state index >= 15 is 0 Å². The van der Waals surface area contributed by atoms with Crippen molar-refractivity contribution in [2.75, 3.05) is 27.2 Å². The maximum Gasteiger partial charge on any atom is 0.0190 e. The highest BCUT2D eigenvalue weighted by atomic mass is 15.1. The van der Waals surface area contributed by atoms with Crippen molar-refractivity contribution < 1.29 is 0 Å². The van der Waals surface area contributed by atoms with E-state index in [1.807, 2.05) is 0 Å². The van der Waals surface area contributed by atoms with Gasteiger partial charge < -0.3 is 10.2 Å². The maximum absolute atomic E-state index is 3.61. The average Bonchev–Trinajstić information content (AvgIpc) is 2.37. The lowest BCUT2D eigenvalue weighted by Gasteiger charge is -2.38. The van der Waals surface area contributed by atoms with Gasteiger partial charge in [0.2, 0.25) is 0 Å². The standard InChI is InChI=1S/C15H32N2/c1-5-14(2)13-17(4)12-11-15(16-3)9-7-6-8-10-15/h14,16H,5-13H2,1-4H3. The van der Waals surface area contributed by atoms with Gasteiger partial charge in [-0.15, -0.1) is 0 Å². The van der Waals surface area contributed by atoms with Crippen molar-refractivity contribution in [3.63, 3.8) is 0 Å². The van der Waals surface area contributed by atoms with Gasteiger partial charge in [0.05, 0.1) is 0 Å². The zero-order chi connectivity index (χ0) is 12.7. The minimum Gasteiger partial charge on any atom is -0.314 e. The van der Waals surface area contributed by atoms with Gasteiger partial charge in [-0.2, -0.15) is 0 Å². The van der Waals surface area contributed by atoms with Gasteiger partial charge in [-0.05, 0) is 45.8 Å². The van der Waals surface area contributed by atoms with Crippen LogP contribution in [0.25, 0.3) is 0 Å². The lowest BCUT2D eigenvalue weighted by molar-refractivity contribution is 0.187. The fourth-order valence-corrected chi connectivity index (χ4v) is 3.01. The lowest BCUT2D eigenvalue weighted by atomic mass is 9.79. The summed E-state index contributed by atoms with van der Waals surface area (Å²) in [6, 6.07) is 0. The maximum atomic E-state index is 3.61. The highest BCUT2D eigenvalue weighted by molar-refractivity contribution is 4.90. The summed E-state index contributed by atoms with van der Waals surface area (Å²) in [4.78, 5) is 2.52. The first-order valence-electron chi connectivity index (χ1n) is 7.49. The smallest absolute Gasteiger partial charge is 0.0190 e. The van der Waals surface area contributed by atoms with Crippen molar-refractivity contribution in [2.45, 2.75) is 64.3 Å². The van der Waals surface area contributed by atoms with Gasteiger partial charge in [-0.25, -0.2) is 0 Å². The molecule has 0 saturated heterocycles. The Labute approximate surface area is 108 Å². The van der Waals surface area contributed by atoms with Crippen molar-refractivity contribution in [2.24, 2.45) is 5.92 Å². The van der Waals surface area contributed by atoms with E-state index in [1.54, 1.807) is 0 Å². The molecule has 1 saturated carbocycles. The van der Waals surface area contributed by atoms with Crippen LogP contribution in [0.4, 0.5) is 0 Å². The Hall–Kier alpha value is -0.0800. The number of rotatable bonds is 7. The monoisotopic (exact) mass is 240 g/mol. The second-order valence-corrected chi connectivity index (χ2v) is 6.12. The number of nitrogens with one attached hydrogen (secondary N) is 1. The molecule has 1 atom stereocenters. The van der Waals surface area contributed by atoms with E-state index in [2.05, 4.69) is 38.2 Å². The molecule has 1 unspecified atom stereocenters. The predicted octanol–water partition coefficient (Wildman–Crippen LogP) is 3.28. The molecule has 0 radical (unpaired) electrons. The number of hydrogen-bond donors (Lipinski definition) is 1. The third kappa shape index (κ3) is 4.97. The molecule has 17 heavy (non-hydrogen) atoms. The molecule has 1 aliphatic rings. The molecule has 2 heteroatoms. The molecule has 1 fully saturated rings. The Bertz CT molecular complexity index is 197. The molecule has 0 aliphatic heterocycles. The zero-order valence-electron chi connectivity index (χ0n) is 12.4. The molecule has 0 spiro atoms. The van der Waals surface area contributed by atoms with Crippen LogP contribution in [-0.2, 0) is 0 Å². The summed E-state index contributed by atoms with van der Waals surface area (Å²) in [7, 11) is 4.43. The normalized spacial score (nSPS) is 21.7. The molecule has 0 amide bonds. The minimum atomic E-state index is 0.446. The van der Waals surface area contributed by atoms with E-state index in [0.717, 1.165) is 5.92 Å². The van der Waals surface area contributed by atoms with Crippen molar-refractivity contribution in [3.8, 4) is 0 Å². The summed E-state index contributed by atoms with van der Waals surface area (Å²) in [6.45, 7) is 7.13. The van der Waals surface area contributed by atoms with Gasteiger partial charge in [0.1, 0.15) is 0 Å². The van der Waals surface area contributed by atoms with Crippen LogP contribution in [0.15, 0.2) is 0 Å². The fourth-order valence-electron chi connectivity index (χ4n) is 3.01. The molecule has 1 rings (SSSR count). The second kappa shape index (κ2) is 7.38. The van der Waals surface area contributed by atoms with Crippen LogP contribution < -0.4 is 5.32 Å². The number of nitrogens with zero attached hydrogens (tertiary/aromatic N) is 1. The Morgan fingerprint density at radius 3 is 2.41 bits per heavy atom. The van der Waals surface area contributed by atoms with Crippen LogP contribution in [0, 0.1) is 5.92 Å². The van der Waals surface area contributed by atoms with E-state index in [-0.39, 0.29) is 0 Å².